The van der Waals surface area contributed by atoms with Crippen molar-refractivity contribution in [2.75, 3.05) is 0 Å². The Bertz CT molecular complexity index is 459. The van der Waals surface area contributed by atoms with Crippen LogP contribution in [0.25, 0.3) is 6.08 Å². The average Bonchev–Trinajstić information content (AvgIpc) is 2.30. The van der Waals surface area contributed by atoms with Crippen LogP contribution in [0.2, 0.25) is 0 Å². The van der Waals surface area contributed by atoms with Gasteiger partial charge < -0.3 is 0 Å². The van der Waals surface area contributed by atoms with Crippen LogP contribution in [0.3, 0.4) is 0 Å². The average molecular weight is 260 g/mol. The summed E-state index contributed by atoms with van der Waals surface area (Å²) in [6.07, 6.45) is 5.61. The van der Waals surface area contributed by atoms with Gasteiger partial charge in [0.15, 0.2) is 0 Å². The molecule has 0 aliphatic heterocycles. The fraction of sp³-hybridized carbons (Fsp3) is 0.474. The highest BCUT2D eigenvalue weighted by molar-refractivity contribution is 5.62. The molecule has 0 nitrogen and oxygen atoms in total. The number of aryl methyl sites for hydroxylation is 2. The monoisotopic (exact) mass is 260 g/mol. The molecule has 0 saturated carbocycles. The normalized spacial score (nSPS) is 11.7. The van der Waals surface area contributed by atoms with Gasteiger partial charge in [-0.05, 0) is 63.3 Å². The maximum Gasteiger partial charge on any atom is -0.0219 e. The molecule has 0 aliphatic rings. The van der Waals surface area contributed by atoms with E-state index in [-0.39, 0.29) is 14.9 Å². The van der Waals surface area contributed by atoms with E-state index in [9.17, 15) is 0 Å². The molecule has 1 aromatic carbocycles. The fourth-order valence-electron chi connectivity index (χ4n) is 2.09. The van der Waals surface area contributed by atoms with Crippen LogP contribution in [-0.4, -0.2) is 0 Å². The summed E-state index contributed by atoms with van der Waals surface area (Å²) >= 11 is 0. The molecular formula is C19H32. The molecule has 0 heteroatoms. The molecule has 0 spiro atoms. The lowest BCUT2D eigenvalue weighted by atomic mass is 9.95. The highest BCUT2D eigenvalue weighted by atomic mass is 14.1. The first kappa shape index (κ1) is 20.0. The Hall–Kier alpha value is -1.30. The van der Waals surface area contributed by atoms with Gasteiger partial charge in [-0.15, -0.1) is 0 Å². The Labute approximate surface area is 121 Å². The molecule has 0 aromatic heterocycles. The Kier molecular flexibility index (Phi) is 9.21. The highest BCUT2D eigenvalue weighted by Crippen LogP contribution is 2.22. The third kappa shape index (κ3) is 5.06. The van der Waals surface area contributed by atoms with E-state index in [1.165, 1.54) is 33.4 Å². The minimum Gasteiger partial charge on any atom is -0.0844 e. The van der Waals surface area contributed by atoms with Crippen molar-refractivity contribution in [1.82, 2.24) is 0 Å². The van der Waals surface area contributed by atoms with Gasteiger partial charge in [0.05, 0.1) is 0 Å². The van der Waals surface area contributed by atoms with Crippen LogP contribution in [0.15, 0.2) is 29.4 Å². The van der Waals surface area contributed by atoms with Crippen LogP contribution in [0, 0.1) is 20.8 Å². The van der Waals surface area contributed by atoms with E-state index in [1.807, 2.05) is 0 Å². The van der Waals surface area contributed by atoms with Crippen molar-refractivity contribution < 1.29 is 0 Å². The van der Waals surface area contributed by atoms with Crippen LogP contribution in [0.4, 0.5) is 0 Å². The molecule has 0 N–H and O–H groups in total. The van der Waals surface area contributed by atoms with Crippen LogP contribution >= 0.6 is 0 Å². The predicted octanol–water partition coefficient (Wildman–Crippen LogP) is 6.64. The van der Waals surface area contributed by atoms with Crippen LogP contribution in [0.1, 0.15) is 64.3 Å². The molecule has 0 radical (unpaired) electrons. The third-order valence-electron chi connectivity index (χ3n) is 3.50. The fourth-order valence-corrected chi connectivity index (χ4v) is 2.09. The van der Waals surface area contributed by atoms with Gasteiger partial charge in [-0.2, -0.15) is 0 Å². The van der Waals surface area contributed by atoms with E-state index >= 15 is 0 Å². The van der Waals surface area contributed by atoms with Crippen LogP contribution in [-0.2, 0) is 0 Å². The Morgan fingerprint density at radius 1 is 1.11 bits per heavy atom. The van der Waals surface area contributed by atoms with Crippen molar-refractivity contribution in [3.63, 3.8) is 0 Å². The van der Waals surface area contributed by atoms with Gasteiger partial charge >= 0.3 is 0 Å². The van der Waals surface area contributed by atoms with Crippen LogP contribution < -0.4 is 0 Å². The van der Waals surface area contributed by atoms with Crippen molar-refractivity contribution in [2.24, 2.45) is 0 Å². The quantitative estimate of drug-likeness (QED) is 0.534. The molecule has 108 valence electrons. The number of hydrogen-bond donors (Lipinski definition) is 0. The van der Waals surface area contributed by atoms with Gasteiger partial charge in [-0.3, -0.25) is 0 Å². The number of allylic oxidation sites excluding steroid dienone is 3. The summed E-state index contributed by atoms with van der Waals surface area (Å²) in [5.74, 6) is 0. The molecule has 1 rings (SSSR count). The summed E-state index contributed by atoms with van der Waals surface area (Å²) in [6, 6.07) is 4.53. The second-order valence-corrected chi connectivity index (χ2v) is 4.79. The Morgan fingerprint density at radius 3 is 2.16 bits per heavy atom. The zero-order valence-corrected chi connectivity index (χ0v) is 12.0. The first-order chi connectivity index (χ1) is 7.99. The predicted molar refractivity (Wildman–Crippen MR) is 91.8 cm³/mol. The summed E-state index contributed by atoms with van der Waals surface area (Å²) in [6.45, 7) is 13.1. The van der Waals surface area contributed by atoms with Gasteiger partial charge in [0.2, 0.25) is 0 Å². The second kappa shape index (κ2) is 8.74. The van der Waals surface area contributed by atoms with Gasteiger partial charge in [0.25, 0.3) is 0 Å². The Morgan fingerprint density at radius 2 is 1.68 bits per heavy atom. The van der Waals surface area contributed by atoms with E-state index in [0.717, 1.165) is 6.42 Å². The standard InChI is InChI=1S/C17H24.2CH4/c1-7-13(4)16(8-2)11-17-10-12(3)9-14(5)15(17)6;;/h7,9-11H,8H2,1-6H3;2*1H4/b13-7?,16-11-;;. The minimum absolute atomic E-state index is 0. The smallest absolute Gasteiger partial charge is 0.0219 e. The van der Waals surface area contributed by atoms with Gasteiger partial charge in [0, 0.05) is 0 Å². The first-order valence-electron chi connectivity index (χ1n) is 6.41. The lowest BCUT2D eigenvalue weighted by Crippen LogP contribution is -1.91. The molecule has 0 heterocycles. The summed E-state index contributed by atoms with van der Waals surface area (Å²) in [5.41, 5.74) is 8.29. The molecule has 0 atom stereocenters. The van der Waals surface area contributed by atoms with Crippen molar-refractivity contribution in [3.05, 3.63) is 51.6 Å². The third-order valence-corrected chi connectivity index (χ3v) is 3.50. The maximum atomic E-state index is 2.34. The molecule has 0 saturated heterocycles. The van der Waals surface area contributed by atoms with E-state index in [0.29, 0.717) is 0 Å². The molecule has 1 aromatic rings. The largest absolute Gasteiger partial charge is 0.0844 e. The topological polar surface area (TPSA) is 0 Å². The van der Waals surface area contributed by atoms with Crippen molar-refractivity contribution in [1.29, 1.82) is 0 Å². The van der Waals surface area contributed by atoms with Gasteiger partial charge in [-0.1, -0.05) is 57.2 Å². The van der Waals surface area contributed by atoms with E-state index < -0.39 is 0 Å². The molecule has 0 bridgehead atoms. The van der Waals surface area contributed by atoms with E-state index in [1.54, 1.807) is 0 Å². The first-order valence-corrected chi connectivity index (χ1v) is 6.41. The summed E-state index contributed by atoms with van der Waals surface area (Å²) in [7, 11) is 0. The zero-order chi connectivity index (χ0) is 13.0. The lowest BCUT2D eigenvalue weighted by Gasteiger charge is -2.10. The number of rotatable bonds is 3. The van der Waals surface area contributed by atoms with Crippen molar-refractivity contribution in [3.8, 4) is 0 Å². The summed E-state index contributed by atoms with van der Waals surface area (Å²) in [5, 5.41) is 0. The molecular weight excluding hydrogens is 228 g/mol. The summed E-state index contributed by atoms with van der Waals surface area (Å²) < 4.78 is 0. The summed E-state index contributed by atoms with van der Waals surface area (Å²) in [4.78, 5) is 0. The molecule has 0 amide bonds. The maximum absolute atomic E-state index is 2.34. The SMILES string of the molecule is C.C.CC=C(C)/C(=C\c1cc(C)cc(C)c1C)CC. The molecule has 0 fully saturated rings. The number of hydrogen-bond acceptors (Lipinski definition) is 0. The van der Waals surface area contributed by atoms with Gasteiger partial charge in [-0.25, -0.2) is 0 Å². The van der Waals surface area contributed by atoms with E-state index in [2.05, 4.69) is 65.8 Å². The number of benzene rings is 1. The highest BCUT2D eigenvalue weighted by Gasteiger charge is 2.03. The zero-order valence-electron chi connectivity index (χ0n) is 12.0. The molecule has 19 heavy (non-hydrogen) atoms. The second-order valence-electron chi connectivity index (χ2n) is 4.79. The van der Waals surface area contributed by atoms with Crippen molar-refractivity contribution >= 4 is 6.08 Å². The van der Waals surface area contributed by atoms with Crippen molar-refractivity contribution in [2.45, 2.75) is 62.8 Å². The van der Waals surface area contributed by atoms with Crippen LogP contribution in [0.5, 0.6) is 0 Å². The molecule has 0 unspecified atom stereocenters. The Balaban J connectivity index is 0. The minimum atomic E-state index is 0. The van der Waals surface area contributed by atoms with E-state index in [4.69, 9.17) is 0 Å². The van der Waals surface area contributed by atoms with Gasteiger partial charge in [0.1, 0.15) is 0 Å². The molecule has 0 aliphatic carbocycles. The lowest BCUT2D eigenvalue weighted by molar-refractivity contribution is 1.11.